The average molecular weight is 375 g/mol. The third-order valence-corrected chi connectivity index (χ3v) is 1.56. The van der Waals surface area contributed by atoms with Crippen molar-refractivity contribution < 1.29 is 107 Å². The number of aliphatic hydroxyl groups is 4. The van der Waals surface area contributed by atoms with E-state index in [0.717, 1.165) is 0 Å². The number of hydrogen-bond acceptors (Lipinski definition) is 12. The van der Waals surface area contributed by atoms with Gasteiger partial charge in [-0.1, -0.05) is 0 Å². The molecule has 4 atom stereocenters. The number of carboxylic acid groups (broad SMARTS) is 4. The molecule has 0 aliphatic heterocycles. The summed E-state index contributed by atoms with van der Waals surface area (Å²) in [6.07, 6.45) is -9.76. The van der Waals surface area contributed by atoms with Crippen molar-refractivity contribution in [2.75, 3.05) is 0 Å². The van der Waals surface area contributed by atoms with Crippen LogP contribution in [0.3, 0.4) is 0 Å². The zero-order valence-corrected chi connectivity index (χ0v) is 13.8. The van der Waals surface area contributed by atoms with E-state index in [9.17, 15) is 39.6 Å². The summed E-state index contributed by atoms with van der Waals surface area (Å²) in [5.41, 5.74) is 0. The smallest absolute Gasteiger partial charge is 0.547 e. The Balaban J connectivity index is -0.000000135. The minimum atomic E-state index is -2.44. The summed E-state index contributed by atoms with van der Waals surface area (Å²) >= 11 is 0. The molecular formula is C8H8FeNaO12. The fourth-order valence-corrected chi connectivity index (χ4v) is 0.516. The second-order valence-corrected chi connectivity index (χ2v) is 3.06. The van der Waals surface area contributed by atoms with Crippen LogP contribution in [0, 0.1) is 0 Å². The molecule has 0 fully saturated rings. The van der Waals surface area contributed by atoms with Crippen molar-refractivity contribution >= 4 is 23.9 Å². The van der Waals surface area contributed by atoms with E-state index in [-0.39, 0.29) is 46.6 Å². The zero-order chi connectivity index (χ0) is 16.6. The summed E-state index contributed by atoms with van der Waals surface area (Å²) in [6, 6.07) is 0. The van der Waals surface area contributed by atoms with Crippen LogP contribution in [0.4, 0.5) is 0 Å². The standard InChI is InChI=1S/2C4H6O6.Fe.Na/c2*5-1(3(7)8)2(6)4(9)10;;/h2*1-2,5-6H,(H,7,8)(H,9,10);;/q;;+3;+1/p-4. The topological polar surface area (TPSA) is 241 Å². The van der Waals surface area contributed by atoms with Crippen LogP contribution in [0.2, 0.25) is 0 Å². The molecule has 0 aromatic rings. The van der Waals surface area contributed by atoms with Crippen LogP contribution in [0.25, 0.3) is 0 Å². The van der Waals surface area contributed by atoms with Gasteiger partial charge in [0, 0.05) is 0 Å². The SMILES string of the molecule is O=C([O-])C(O)C(O)C(=O)[O-].O=C([O-])C(O)C(O)C(=O)[O-].[Fe+3].[Na+]. The fourth-order valence-electron chi connectivity index (χ4n) is 0.516. The van der Waals surface area contributed by atoms with Crippen molar-refractivity contribution in [1.29, 1.82) is 0 Å². The second-order valence-electron chi connectivity index (χ2n) is 3.06. The maximum absolute atomic E-state index is 9.63. The summed E-state index contributed by atoms with van der Waals surface area (Å²) < 4.78 is 0. The van der Waals surface area contributed by atoms with Crippen LogP contribution < -0.4 is 50.0 Å². The van der Waals surface area contributed by atoms with Gasteiger partial charge < -0.3 is 60.0 Å². The van der Waals surface area contributed by atoms with Crippen LogP contribution in [0.15, 0.2) is 0 Å². The van der Waals surface area contributed by atoms with Gasteiger partial charge in [-0.25, -0.2) is 0 Å². The molecule has 14 heteroatoms. The van der Waals surface area contributed by atoms with E-state index >= 15 is 0 Å². The van der Waals surface area contributed by atoms with Crippen LogP contribution in [-0.2, 0) is 36.2 Å². The molecule has 0 aliphatic rings. The van der Waals surface area contributed by atoms with Crippen molar-refractivity contribution in [3.63, 3.8) is 0 Å². The molecule has 0 heterocycles. The quantitative estimate of drug-likeness (QED) is 0.316. The Morgan fingerprint density at radius 2 is 0.636 bits per heavy atom. The third-order valence-electron chi connectivity index (χ3n) is 1.56. The Morgan fingerprint density at radius 1 is 0.545 bits per heavy atom. The van der Waals surface area contributed by atoms with E-state index in [0.29, 0.717) is 0 Å². The number of rotatable bonds is 6. The van der Waals surface area contributed by atoms with Crippen molar-refractivity contribution in [3.05, 3.63) is 0 Å². The molecule has 0 saturated heterocycles. The monoisotopic (exact) mass is 375 g/mol. The molecule has 4 unspecified atom stereocenters. The third kappa shape index (κ3) is 11.9. The summed E-state index contributed by atoms with van der Waals surface area (Å²) in [4.78, 5) is 38.5. The number of hydrogen-bond donors (Lipinski definition) is 4. The van der Waals surface area contributed by atoms with Crippen LogP contribution in [0.1, 0.15) is 0 Å². The van der Waals surface area contributed by atoms with Gasteiger partial charge in [-0.15, -0.1) is 0 Å². The molecule has 1 radical (unpaired) electrons. The summed E-state index contributed by atoms with van der Waals surface area (Å²) in [6.45, 7) is 0. The molecule has 0 saturated carbocycles. The van der Waals surface area contributed by atoms with Crippen molar-refractivity contribution in [2.45, 2.75) is 24.4 Å². The van der Waals surface area contributed by atoms with E-state index in [1.54, 1.807) is 0 Å². The fraction of sp³-hybridized carbons (Fsp3) is 0.500. The number of carboxylic acids is 4. The Hall–Kier alpha value is -0.761. The minimum Gasteiger partial charge on any atom is -0.547 e. The Bertz CT molecular complexity index is 315. The Morgan fingerprint density at radius 3 is 0.682 bits per heavy atom. The van der Waals surface area contributed by atoms with E-state index in [1.807, 2.05) is 0 Å². The molecule has 0 aliphatic carbocycles. The molecule has 0 amide bonds. The maximum atomic E-state index is 9.63. The van der Waals surface area contributed by atoms with Crippen LogP contribution >= 0.6 is 0 Å². The van der Waals surface area contributed by atoms with Gasteiger partial charge in [0.15, 0.2) is 0 Å². The molecule has 0 aromatic heterocycles. The van der Waals surface area contributed by atoms with Crippen LogP contribution in [-0.4, -0.2) is 68.7 Å². The van der Waals surface area contributed by atoms with Gasteiger partial charge >= 0.3 is 46.6 Å². The normalized spacial score (nSPS) is 14.4. The molecular weight excluding hydrogens is 367 g/mol. The van der Waals surface area contributed by atoms with Crippen molar-refractivity contribution in [2.24, 2.45) is 0 Å². The Kier molecular flexibility index (Phi) is 18.5. The predicted molar refractivity (Wildman–Crippen MR) is 44.1 cm³/mol. The molecule has 0 spiro atoms. The van der Waals surface area contributed by atoms with Gasteiger partial charge in [0.25, 0.3) is 0 Å². The first kappa shape index (κ1) is 29.3. The van der Waals surface area contributed by atoms with Crippen molar-refractivity contribution in [1.82, 2.24) is 0 Å². The van der Waals surface area contributed by atoms with Crippen LogP contribution in [0.5, 0.6) is 0 Å². The van der Waals surface area contributed by atoms with Crippen molar-refractivity contribution in [3.8, 4) is 0 Å². The number of carbonyl (C=O) groups is 4. The van der Waals surface area contributed by atoms with Gasteiger partial charge in [0.05, 0.1) is 23.9 Å². The summed E-state index contributed by atoms with van der Waals surface area (Å²) in [7, 11) is 0. The van der Waals surface area contributed by atoms with E-state index < -0.39 is 48.3 Å². The molecule has 0 rings (SSSR count). The number of carbonyl (C=O) groups excluding carboxylic acids is 4. The minimum absolute atomic E-state index is 0. The maximum Gasteiger partial charge on any atom is 3.00 e. The molecule has 4 N–H and O–H groups in total. The zero-order valence-electron chi connectivity index (χ0n) is 10.7. The van der Waals surface area contributed by atoms with Gasteiger partial charge in [0.2, 0.25) is 0 Å². The first-order valence-corrected chi connectivity index (χ1v) is 4.49. The molecule has 0 bridgehead atoms. The molecule has 12 nitrogen and oxygen atoms in total. The average Bonchev–Trinajstić information content (AvgIpc) is 2.35. The Labute approximate surface area is 154 Å². The first-order chi connectivity index (χ1) is 8.93. The predicted octanol–water partition coefficient (Wildman–Crippen LogP) is -12.6. The number of aliphatic hydroxyl groups excluding tert-OH is 4. The van der Waals surface area contributed by atoms with E-state index in [1.165, 1.54) is 0 Å². The largest absolute Gasteiger partial charge is 3.00 e. The van der Waals surface area contributed by atoms with Gasteiger partial charge in [-0.3, -0.25) is 0 Å². The molecule has 121 valence electrons. The first-order valence-electron chi connectivity index (χ1n) is 4.49. The molecule has 22 heavy (non-hydrogen) atoms. The summed E-state index contributed by atoms with van der Waals surface area (Å²) in [5, 5.41) is 71.5. The molecule has 0 aromatic carbocycles. The van der Waals surface area contributed by atoms with Gasteiger partial charge in [0.1, 0.15) is 24.4 Å². The van der Waals surface area contributed by atoms with Gasteiger partial charge in [-0.2, -0.15) is 0 Å². The second kappa shape index (κ2) is 13.9. The van der Waals surface area contributed by atoms with E-state index in [4.69, 9.17) is 20.4 Å². The van der Waals surface area contributed by atoms with E-state index in [2.05, 4.69) is 0 Å². The summed E-state index contributed by atoms with van der Waals surface area (Å²) in [5.74, 6) is -8.23. The number of aliphatic carboxylic acids is 4. The van der Waals surface area contributed by atoms with Gasteiger partial charge in [-0.05, 0) is 0 Å².